The molecular weight excluding hydrogens is 504 g/mol. The van der Waals surface area contributed by atoms with Gasteiger partial charge < -0.3 is 23.7 Å². The Labute approximate surface area is 235 Å². The molecule has 1 N–H and O–H groups in total. The molecule has 1 aliphatic rings. The van der Waals surface area contributed by atoms with Gasteiger partial charge in [0.05, 0.1) is 32.5 Å². The Hall–Kier alpha value is -2.32. The molecule has 5 nitrogen and oxygen atoms in total. The van der Waals surface area contributed by atoms with Gasteiger partial charge in [-0.2, -0.15) is 0 Å². The monoisotopic (exact) mass is 548 g/mol. The average Bonchev–Trinajstić information content (AvgIpc) is 3.40. The second kappa shape index (κ2) is 13.4. The number of ether oxygens (including phenoxy) is 3. The first-order valence-corrected chi connectivity index (χ1v) is 16.0. The van der Waals surface area contributed by atoms with E-state index < -0.39 is 20.2 Å². The van der Waals surface area contributed by atoms with Crippen LogP contribution in [0, 0.1) is 5.92 Å². The quantitative estimate of drug-likeness (QED) is 0.232. The molecule has 0 unspecified atom stereocenters. The number of aliphatic hydroxyl groups is 1. The van der Waals surface area contributed by atoms with E-state index in [2.05, 4.69) is 88.4 Å². The third kappa shape index (κ3) is 7.26. The Kier molecular flexibility index (Phi) is 10.2. The predicted octanol–water partition coefficient (Wildman–Crippen LogP) is 5.30. The molecule has 210 valence electrons. The van der Waals surface area contributed by atoms with Crippen molar-refractivity contribution in [2.24, 2.45) is 5.92 Å². The highest BCUT2D eigenvalue weighted by Crippen LogP contribution is 2.38. The molecule has 0 spiro atoms. The Morgan fingerprint density at radius 2 is 1.36 bits per heavy atom. The lowest BCUT2D eigenvalue weighted by Crippen LogP contribution is -2.67. The number of aliphatic hydroxyl groups excluding tert-OH is 1. The number of rotatable bonds is 13. The summed E-state index contributed by atoms with van der Waals surface area (Å²) in [6, 6.07) is 31.3. The van der Waals surface area contributed by atoms with Gasteiger partial charge in [0.1, 0.15) is 0 Å². The molecule has 1 heterocycles. The molecule has 39 heavy (non-hydrogen) atoms. The van der Waals surface area contributed by atoms with Crippen LogP contribution in [0.4, 0.5) is 0 Å². The van der Waals surface area contributed by atoms with Gasteiger partial charge in [-0.3, -0.25) is 0 Å². The van der Waals surface area contributed by atoms with Gasteiger partial charge in [-0.15, -0.1) is 0 Å². The molecule has 0 bridgehead atoms. The zero-order valence-corrected chi connectivity index (χ0v) is 24.8. The van der Waals surface area contributed by atoms with Crippen LogP contribution in [0.1, 0.15) is 46.1 Å². The van der Waals surface area contributed by atoms with Crippen molar-refractivity contribution >= 4 is 18.7 Å². The predicted molar refractivity (Wildman–Crippen MR) is 159 cm³/mol. The molecule has 0 saturated carbocycles. The summed E-state index contributed by atoms with van der Waals surface area (Å²) < 4.78 is 25.1. The second-order valence-electron chi connectivity index (χ2n) is 11.6. The van der Waals surface area contributed by atoms with Gasteiger partial charge in [-0.05, 0) is 21.0 Å². The Balaban J connectivity index is 1.44. The lowest BCUT2D eigenvalue weighted by molar-refractivity contribution is -0.193. The van der Waals surface area contributed by atoms with Crippen molar-refractivity contribution in [3.05, 3.63) is 96.6 Å². The molecule has 0 aromatic heterocycles. The molecular formula is C33H44O5Si. The summed E-state index contributed by atoms with van der Waals surface area (Å²) in [5.41, 5.74) is 1.13. The van der Waals surface area contributed by atoms with Gasteiger partial charge in [-0.25, -0.2) is 0 Å². The van der Waals surface area contributed by atoms with Gasteiger partial charge in [0.2, 0.25) is 0 Å². The van der Waals surface area contributed by atoms with Crippen molar-refractivity contribution < 1.29 is 23.7 Å². The van der Waals surface area contributed by atoms with E-state index in [1.165, 1.54) is 10.4 Å². The molecule has 4 rings (SSSR count). The van der Waals surface area contributed by atoms with Crippen LogP contribution in [-0.2, 0) is 25.2 Å². The molecule has 1 aliphatic heterocycles. The van der Waals surface area contributed by atoms with Gasteiger partial charge >= 0.3 is 0 Å². The molecule has 0 radical (unpaired) electrons. The van der Waals surface area contributed by atoms with Crippen LogP contribution in [0.2, 0.25) is 5.04 Å². The Morgan fingerprint density at radius 1 is 0.846 bits per heavy atom. The zero-order chi connectivity index (χ0) is 27.8. The normalized spacial score (nSPS) is 17.2. The lowest BCUT2D eigenvalue weighted by atomic mass is 9.96. The first kappa shape index (κ1) is 29.7. The molecule has 0 amide bonds. The maximum Gasteiger partial charge on any atom is 0.261 e. The molecule has 6 heteroatoms. The highest BCUT2D eigenvalue weighted by molar-refractivity contribution is 6.99. The van der Waals surface area contributed by atoms with Crippen LogP contribution in [0.25, 0.3) is 0 Å². The van der Waals surface area contributed by atoms with E-state index in [0.29, 0.717) is 45.9 Å². The van der Waals surface area contributed by atoms with Crippen LogP contribution in [0.5, 0.6) is 0 Å². The summed E-state index contributed by atoms with van der Waals surface area (Å²) in [4.78, 5) is 0. The third-order valence-corrected chi connectivity index (χ3v) is 12.7. The fourth-order valence-corrected chi connectivity index (χ4v) is 10.2. The molecule has 3 aromatic rings. The van der Waals surface area contributed by atoms with E-state index in [-0.39, 0.29) is 11.0 Å². The smallest absolute Gasteiger partial charge is 0.261 e. The number of hydrogen-bond donors (Lipinski definition) is 1. The zero-order valence-electron chi connectivity index (χ0n) is 23.8. The van der Waals surface area contributed by atoms with E-state index in [1.54, 1.807) is 0 Å². The Bertz CT molecular complexity index is 1070. The summed E-state index contributed by atoms with van der Waals surface area (Å²) in [6.07, 6.45) is 0.307. The molecule has 3 aromatic carbocycles. The second-order valence-corrected chi connectivity index (χ2v) is 15.9. The summed E-state index contributed by atoms with van der Waals surface area (Å²) in [5, 5.41) is 13.7. The minimum Gasteiger partial charge on any atom is -0.407 e. The van der Waals surface area contributed by atoms with E-state index in [4.69, 9.17) is 18.6 Å². The van der Waals surface area contributed by atoms with E-state index in [1.807, 2.05) is 30.3 Å². The number of benzene rings is 3. The van der Waals surface area contributed by atoms with Crippen molar-refractivity contribution in [3.63, 3.8) is 0 Å². The molecule has 1 saturated heterocycles. The van der Waals surface area contributed by atoms with Crippen LogP contribution in [0.15, 0.2) is 91.0 Å². The van der Waals surface area contributed by atoms with E-state index >= 15 is 0 Å². The van der Waals surface area contributed by atoms with Crippen LogP contribution >= 0.6 is 0 Å². The van der Waals surface area contributed by atoms with Gasteiger partial charge in [0.25, 0.3) is 8.32 Å². The summed E-state index contributed by atoms with van der Waals surface area (Å²) in [7, 11) is -2.67. The summed E-state index contributed by atoms with van der Waals surface area (Å²) in [6.45, 7) is 11.4. The van der Waals surface area contributed by atoms with E-state index in [9.17, 15) is 5.11 Å². The maximum atomic E-state index is 11.4. The van der Waals surface area contributed by atoms with Crippen molar-refractivity contribution in [3.8, 4) is 0 Å². The fourth-order valence-electron chi connectivity index (χ4n) is 5.50. The number of hydrogen-bond acceptors (Lipinski definition) is 5. The lowest BCUT2D eigenvalue weighted by Gasteiger charge is -2.44. The highest BCUT2D eigenvalue weighted by Gasteiger charge is 2.50. The van der Waals surface area contributed by atoms with Gasteiger partial charge in [-0.1, -0.05) is 119 Å². The standard InChI is InChI=1S/C33H44O5Si/c1-27(31(34)24-33(36-22-23-37-33)20-21-35-26-28-14-8-5-9-15-28)25-38-39(32(2,3)4,29-16-10-6-11-17-29)30-18-12-7-13-19-30/h5-19,27,31,34H,20-26H2,1-4H3/t27-,31-/m1/s1. The minimum absolute atomic E-state index is 0.110. The topological polar surface area (TPSA) is 57.2 Å². The highest BCUT2D eigenvalue weighted by atomic mass is 28.4. The third-order valence-electron chi connectivity index (χ3n) is 7.71. The van der Waals surface area contributed by atoms with Crippen molar-refractivity contribution in [2.45, 2.75) is 64.1 Å². The molecule has 1 fully saturated rings. The average molecular weight is 549 g/mol. The van der Waals surface area contributed by atoms with E-state index in [0.717, 1.165) is 5.56 Å². The minimum atomic E-state index is -2.67. The largest absolute Gasteiger partial charge is 0.407 e. The first-order chi connectivity index (χ1) is 18.8. The van der Waals surface area contributed by atoms with Crippen LogP contribution in [0.3, 0.4) is 0 Å². The van der Waals surface area contributed by atoms with Gasteiger partial charge in [0.15, 0.2) is 5.79 Å². The van der Waals surface area contributed by atoms with Crippen LogP contribution in [-0.4, -0.2) is 51.7 Å². The fraction of sp³-hybridized carbons (Fsp3) is 0.455. The van der Waals surface area contributed by atoms with Crippen molar-refractivity contribution in [1.29, 1.82) is 0 Å². The molecule has 2 atom stereocenters. The summed E-state index contributed by atoms with van der Waals surface area (Å²) in [5.74, 6) is -0.941. The first-order valence-electron chi connectivity index (χ1n) is 14.1. The van der Waals surface area contributed by atoms with Crippen LogP contribution < -0.4 is 10.4 Å². The van der Waals surface area contributed by atoms with Gasteiger partial charge in [0, 0.05) is 25.4 Å². The maximum absolute atomic E-state index is 11.4. The Morgan fingerprint density at radius 3 is 1.87 bits per heavy atom. The SMILES string of the molecule is C[C@H](CO[Si](c1ccccc1)(c1ccccc1)C(C)(C)C)[C@H](O)CC1(CCOCc2ccccc2)OCCO1. The van der Waals surface area contributed by atoms with Crippen molar-refractivity contribution in [2.75, 3.05) is 26.4 Å². The molecule has 0 aliphatic carbocycles. The van der Waals surface area contributed by atoms with Crippen molar-refractivity contribution in [1.82, 2.24) is 0 Å². The summed E-state index contributed by atoms with van der Waals surface area (Å²) >= 11 is 0.